The first-order chi connectivity index (χ1) is 14.1. The molecule has 0 spiro atoms. The molecule has 1 amide bonds. The van der Waals surface area contributed by atoms with Crippen molar-refractivity contribution in [3.8, 4) is 5.75 Å². The molecule has 1 unspecified atom stereocenters. The van der Waals surface area contributed by atoms with Crippen LogP contribution in [0.25, 0.3) is 0 Å². The SMILES string of the molecule is CCOc1cccc(C2C3=C(CCCC3=O)N3CCNC(=O)C3=C2C(=O)OC)c1. The van der Waals surface area contributed by atoms with Crippen LogP contribution >= 0.6 is 0 Å². The summed E-state index contributed by atoms with van der Waals surface area (Å²) in [4.78, 5) is 40.6. The van der Waals surface area contributed by atoms with Crippen molar-refractivity contribution in [2.75, 3.05) is 26.8 Å². The molecule has 1 saturated heterocycles. The summed E-state index contributed by atoms with van der Waals surface area (Å²) in [5.41, 5.74) is 2.70. The second kappa shape index (κ2) is 7.73. The molecule has 4 rings (SSSR count). The molecule has 2 heterocycles. The number of nitrogens with one attached hydrogen (secondary N) is 1. The van der Waals surface area contributed by atoms with Crippen molar-refractivity contribution >= 4 is 17.7 Å². The van der Waals surface area contributed by atoms with Crippen LogP contribution in [-0.4, -0.2) is 49.4 Å². The largest absolute Gasteiger partial charge is 0.494 e. The van der Waals surface area contributed by atoms with E-state index >= 15 is 0 Å². The third kappa shape index (κ3) is 3.20. The van der Waals surface area contributed by atoms with Gasteiger partial charge in [0.25, 0.3) is 5.91 Å². The quantitative estimate of drug-likeness (QED) is 0.784. The number of allylic oxidation sites excluding steroid dienone is 2. The number of benzene rings is 1. The van der Waals surface area contributed by atoms with Crippen LogP contribution in [0.3, 0.4) is 0 Å². The molecular weight excluding hydrogens is 372 g/mol. The maximum Gasteiger partial charge on any atom is 0.337 e. The van der Waals surface area contributed by atoms with Crippen LogP contribution in [0.15, 0.2) is 46.8 Å². The summed E-state index contributed by atoms with van der Waals surface area (Å²) in [7, 11) is 1.29. The van der Waals surface area contributed by atoms with E-state index in [-0.39, 0.29) is 17.3 Å². The lowest BCUT2D eigenvalue weighted by atomic mass is 9.74. The molecule has 1 N–H and O–H groups in total. The van der Waals surface area contributed by atoms with Crippen LogP contribution in [0.1, 0.15) is 37.7 Å². The molecule has 0 saturated carbocycles. The molecule has 0 bridgehead atoms. The van der Waals surface area contributed by atoms with E-state index in [1.54, 1.807) is 0 Å². The lowest BCUT2D eigenvalue weighted by molar-refractivity contribution is -0.137. The number of carbonyl (C=O) groups is 3. The van der Waals surface area contributed by atoms with Gasteiger partial charge in [0.15, 0.2) is 5.78 Å². The minimum atomic E-state index is -0.652. The first-order valence-electron chi connectivity index (χ1n) is 9.94. The van der Waals surface area contributed by atoms with Gasteiger partial charge >= 0.3 is 5.97 Å². The zero-order valence-electron chi connectivity index (χ0n) is 16.6. The molecule has 2 aliphatic heterocycles. The van der Waals surface area contributed by atoms with Crippen molar-refractivity contribution in [3.63, 3.8) is 0 Å². The summed E-state index contributed by atoms with van der Waals surface area (Å²) in [5, 5.41) is 2.82. The third-order valence-electron chi connectivity index (χ3n) is 5.60. The Morgan fingerprint density at radius 3 is 2.86 bits per heavy atom. The molecule has 3 aliphatic rings. The lowest BCUT2D eigenvalue weighted by Gasteiger charge is -2.43. The molecule has 7 nitrogen and oxygen atoms in total. The summed E-state index contributed by atoms with van der Waals surface area (Å²) in [6, 6.07) is 7.36. The Kier molecular flexibility index (Phi) is 5.13. The van der Waals surface area contributed by atoms with E-state index in [9.17, 15) is 14.4 Å². The second-order valence-corrected chi connectivity index (χ2v) is 7.24. The maximum atomic E-state index is 13.0. The smallest absolute Gasteiger partial charge is 0.337 e. The zero-order valence-corrected chi connectivity index (χ0v) is 16.6. The number of piperazine rings is 1. The predicted octanol–water partition coefficient (Wildman–Crippen LogP) is 2.05. The second-order valence-electron chi connectivity index (χ2n) is 7.24. The van der Waals surface area contributed by atoms with Crippen LogP contribution < -0.4 is 10.1 Å². The van der Waals surface area contributed by atoms with Gasteiger partial charge in [0.1, 0.15) is 11.4 Å². The fourth-order valence-corrected chi connectivity index (χ4v) is 4.48. The van der Waals surface area contributed by atoms with Crippen molar-refractivity contribution in [1.29, 1.82) is 0 Å². The fraction of sp³-hybridized carbons (Fsp3) is 0.409. The average Bonchev–Trinajstić information content (AvgIpc) is 2.73. The summed E-state index contributed by atoms with van der Waals surface area (Å²) in [6.07, 6.45) is 1.88. The molecule has 0 radical (unpaired) electrons. The van der Waals surface area contributed by atoms with Crippen LogP contribution in [0.5, 0.6) is 5.75 Å². The number of esters is 1. The lowest BCUT2D eigenvalue weighted by Crippen LogP contribution is -2.50. The van der Waals surface area contributed by atoms with E-state index in [2.05, 4.69) is 5.32 Å². The Balaban J connectivity index is 1.97. The highest BCUT2D eigenvalue weighted by Gasteiger charge is 2.45. The van der Waals surface area contributed by atoms with Gasteiger partial charge in [-0.15, -0.1) is 0 Å². The van der Waals surface area contributed by atoms with Gasteiger partial charge in [0.05, 0.1) is 19.3 Å². The number of Topliss-reactive ketones (excluding diaryl/α,β-unsaturated/α-hetero) is 1. The number of carbonyl (C=O) groups excluding carboxylic acids is 3. The van der Waals surface area contributed by atoms with Gasteiger partial charge < -0.3 is 19.7 Å². The van der Waals surface area contributed by atoms with Crippen molar-refractivity contribution in [2.24, 2.45) is 0 Å². The normalized spacial score (nSPS) is 21.4. The topological polar surface area (TPSA) is 84.9 Å². The number of rotatable bonds is 4. The Hall–Kier alpha value is -3.09. The standard InChI is InChI=1S/C22H24N2O5/c1-3-29-14-7-4-6-13(12-14)17-18-15(8-5-9-16(18)25)24-11-10-23-21(26)20(24)19(17)22(27)28-2/h4,6-7,12,17H,3,5,8-11H2,1-2H3,(H,23,26). The molecule has 0 aromatic heterocycles. The molecule has 1 fully saturated rings. The number of fused-ring (bicyclic) bond motifs is 2. The molecule has 1 aromatic rings. The highest BCUT2D eigenvalue weighted by atomic mass is 16.5. The van der Waals surface area contributed by atoms with Crippen molar-refractivity contribution in [1.82, 2.24) is 10.2 Å². The minimum absolute atomic E-state index is 0.0181. The number of amides is 1. The molecule has 7 heteroatoms. The van der Waals surface area contributed by atoms with Crippen LogP contribution in [0.4, 0.5) is 0 Å². The highest BCUT2D eigenvalue weighted by molar-refractivity contribution is 6.09. The van der Waals surface area contributed by atoms with Crippen molar-refractivity contribution in [3.05, 3.63) is 52.4 Å². The van der Waals surface area contributed by atoms with E-state index in [1.807, 2.05) is 36.1 Å². The number of hydrogen-bond donors (Lipinski definition) is 1. The average molecular weight is 396 g/mol. The summed E-state index contributed by atoms with van der Waals surface area (Å²) in [5.74, 6) is -0.892. The number of ketones is 1. The molecule has 1 aliphatic carbocycles. The van der Waals surface area contributed by atoms with Gasteiger partial charge in [-0.05, 0) is 37.5 Å². The summed E-state index contributed by atoms with van der Waals surface area (Å²) < 4.78 is 10.7. The van der Waals surface area contributed by atoms with Gasteiger partial charge in [-0.1, -0.05) is 12.1 Å². The monoisotopic (exact) mass is 396 g/mol. The summed E-state index contributed by atoms with van der Waals surface area (Å²) >= 11 is 0. The van der Waals surface area contributed by atoms with E-state index in [0.717, 1.165) is 17.7 Å². The predicted molar refractivity (Wildman–Crippen MR) is 105 cm³/mol. The van der Waals surface area contributed by atoms with Crippen LogP contribution in [0, 0.1) is 0 Å². The first-order valence-corrected chi connectivity index (χ1v) is 9.94. The number of methoxy groups -OCH3 is 1. The Morgan fingerprint density at radius 1 is 1.28 bits per heavy atom. The van der Waals surface area contributed by atoms with Crippen LogP contribution in [-0.2, 0) is 19.1 Å². The molecule has 152 valence electrons. The number of ether oxygens (including phenoxy) is 2. The number of hydrogen-bond acceptors (Lipinski definition) is 6. The highest BCUT2D eigenvalue weighted by Crippen LogP contribution is 2.47. The van der Waals surface area contributed by atoms with Gasteiger partial charge in [-0.2, -0.15) is 0 Å². The molecule has 1 atom stereocenters. The minimum Gasteiger partial charge on any atom is -0.494 e. The summed E-state index contributed by atoms with van der Waals surface area (Å²) in [6.45, 7) is 3.39. The zero-order chi connectivity index (χ0) is 20.5. The third-order valence-corrected chi connectivity index (χ3v) is 5.60. The van der Waals surface area contributed by atoms with E-state index < -0.39 is 11.9 Å². The van der Waals surface area contributed by atoms with E-state index in [4.69, 9.17) is 9.47 Å². The Bertz CT molecular complexity index is 946. The first kappa shape index (κ1) is 19.2. The van der Waals surface area contributed by atoms with Gasteiger partial charge in [-0.25, -0.2) is 4.79 Å². The van der Waals surface area contributed by atoms with Gasteiger partial charge in [0.2, 0.25) is 0 Å². The van der Waals surface area contributed by atoms with E-state index in [0.29, 0.717) is 49.6 Å². The molecule has 1 aromatic carbocycles. The fourth-order valence-electron chi connectivity index (χ4n) is 4.48. The van der Waals surface area contributed by atoms with Crippen molar-refractivity contribution < 1.29 is 23.9 Å². The van der Waals surface area contributed by atoms with Gasteiger partial charge in [-0.3, -0.25) is 9.59 Å². The Morgan fingerprint density at radius 2 is 2.10 bits per heavy atom. The van der Waals surface area contributed by atoms with Gasteiger partial charge in [0, 0.05) is 36.7 Å². The molecule has 29 heavy (non-hydrogen) atoms. The Labute approximate surface area is 169 Å². The molecular formula is C22H24N2O5. The maximum absolute atomic E-state index is 13.0. The number of nitrogens with zero attached hydrogens (tertiary/aromatic N) is 1. The van der Waals surface area contributed by atoms with Crippen LogP contribution in [0.2, 0.25) is 0 Å². The van der Waals surface area contributed by atoms with E-state index in [1.165, 1.54) is 7.11 Å². The van der Waals surface area contributed by atoms with Crippen molar-refractivity contribution in [2.45, 2.75) is 32.1 Å².